The van der Waals surface area contributed by atoms with Gasteiger partial charge in [0.15, 0.2) is 0 Å². The Hall–Kier alpha value is -1.55. The number of carbonyl (C=O) groups excluding carboxylic acids is 1. The highest BCUT2D eigenvalue weighted by Crippen LogP contribution is 2.23. The highest BCUT2D eigenvalue weighted by atomic mass is 16.2. The van der Waals surface area contributed by atoms with E-state index in [4.69, 9.17) is 0 Å². The largest absolute Gasteiger partial charge is 0.385 e. The van der Waals surface area contributed by atoms with Crippen LogP contribution in [0.4, 0.5) is 5.69 Å². The number of benzene rings is 1. The van der Waals surface area contributed by atoms with Crippen molar-refractivity contribution in [1.29, 1.82) is 0 Å². The quantitative estimate of drug-likeness (QED) is 0.895. The van der Waals surface area contributed by atoms with Crippen molar-refractivity contribution in [3.05, 3.63) is 29.3 Å². The third-order valence-electron chi connectivity index (χ3n) is 3.52. The number of hydrogen-bond acceptors (Lipinski definition) is 3. The number of aryl methyl sites for hydroxylation is 1. The minimum absolute atomic E-state index is 0.107. The summed E-state index contributed by atoms with van der Waals surface area (Å²) < 4.78 is 0. The molecule has 0 saturated carbocycles. The van der Waals surface area contributed by atoms with Gasteiger partial charge in [0.05, 0.1) is 0 Å². The zero-order valence-corrected chi connectivity index (χ0v) is 12.1. The van der Waals surface area contributed by atoms with E-state index < -0.39 is 0 Å². The van der Waals surface area contributed by atoms with Crippen LogP contribution >= 0.6 is 0 Å². The first kappa shape index (κ1) is 13.9. The Bertz CT molecular complexity index is 457. The second-order valence-electron chi connectivity index (χ2n) is 5.43. The molecule has 1 aliphatic rings. The lowest BCUT2D eigenvalue weighted by atomic mass is 10.0. The van der Waals surface area contributed by atoms with Gasteiger partial charge in [0.25, 0.3) is 5.91 Å². The Morgan fingerprint density at radius 2 is 2.05 bits per heavy atom. The van der Waals surface area contributed by atoms with Gasteiger partial charge >= 0.3 is 0 Å². The zero-order chi connectivity index (χ0) is 13.8. The maximum Gasteiger partial charge on any atom is 0.253 e. The van der Waals surface area contributed by atoms with Crippen molar-refractivity contribution in [2.45, 2.75) is 12.8 Å². The fraction of sp³-hybridized carbons (Fsp3) is 0.533. The SMILES string of the molecule is CN(C)CCN(C)C(=O)c1ccc2c(c1)CCCN2. The van der Waals surface area contributed by atoms with E-state index in [1.807, 2.05) is 39.3 Å². The molecule has 0 saturated heterocycles. The summed E-state index contributed by atoms with van der Waals surface area (Å²) in [6, 6.07) is 5.99. The molecule has 0 unspecified atom stereocenters. The van der Waals surface area contributed by atoms with Gasteiger partial charge in [-0.1, -0.05) is 0 Å². The third-order valence-corrected chi connectivity index (χ3v) is 3.52. The molecule has 4 heteroatoms. The van der Waals surface area contributed by atoms with Gasteiger partial charge in [0.1, 0.15) is 0 Å². The second kappa shape index (κ2) is 6.06. The fourth-order valence-electron chi connectivity index (χ4n) is 2.28. The molecule has 0 bridgehead atoms. The molecular formula is C15H23N3O. The van der Waals surface area contributed by atoms with Crippen molar-refractivity contribution in [1.82, 2.24) is 9.80 Å². The van der Waals surface area contributed by atoms with Gasteiger partial charge in [-0.3, -0.25) is 4.79 Å². The lowest BCUT2D eigenvalue weighted by molar-refractivity contribution is 0.0786. The van der Waals surface area contributed by atoms with Gasteiger partial charge in [0.2, 0.25) is 0 Å². The standard InChI is InChI=1S/C15H23N3O/c1-17(2)9-10-18(3)15(19)13-6-7-14-12(11-13)5-4-8-16-14/h6-7,11,16H,4-5,8-10H2,1-3H3. The number of nitrogens with zero attached hydrogens (tertiary/aromatic N) is 2. The van der Waals surface area contributed by atoms with E-state index in [1.54, 1.807) is 4.90 Å². The van der Waals surface area contributed by atoms with Gasteiger partial charge in [-0.25, -0.2) is 0 Å². The highest BCUT2D eigenvalue weighted by molar-refractivity contribution is 5.94. The molecular weight excluding hydrogens is 238 g/mol. The third kappa shape index (κ3) is 3.47. The van der Waals surface area contributed by atoms with E-state index in [0.717, 1.165) is 38.0 Å². The topological polar surface area (TPSA) is 35.6 Å². The summed E-state index contributed by atoms with van der Waals surface area (Å²) in [6.45, 7) is 2.67. The number of anilines is 1. The highest BCUT2D eigenvalue weighted by Gasteiger charge is 2.15. The van der Waals surface area contributed by atoms with Crippen molar-refractivity contribution >= 4 is 11.6 Å². The van der Waals surface area contributed by atoms with Crippen LogP contribution < -0.4 is 5.32 Å². The molecule has 2 rings (SSSR count). The number of rotatable bonds is 4. The monoisotopic (exact) mass is 261 g/mol. The smallest absolute Gasteiger partial charge is 0.253 e. The average Bonchev–Trinajstić information content (AvgIpc) is 2.43. The van der Waals surface area contributed by atoms with Crippen molar-refractivity contribution in [2.24, 2.45) is 0 Å². The van der Waals surface area contributed by atoms with Crippen LogP contribution in [0.3, 0.4) is 0 Å². The minimum atomic E-state index is 0.107. The summed E-state index contributed by atoms with van der Waals surface area (Å²) >= 11 is 0. The maximum atomic E-state index is 12.3. The van der Waals surface area contributed by atoms with E-state index in [2.05, 4.69) is 10.2 Å². The molecule has 0 aromatic heterocycles. The van der Waals surface area contributed by atoms with Crippen LogP contribution in [-0.4, -0.2) is 56.5 Å². The van der Waals surface area contributed by atoms with Crippen molar-refractivity contribution < 1.29 is 4.79 Å². The summed E-state index contributed by atoms with van der Waals surface area (Å²) in [7, 11) is 5.90. The molecule has 1 aromatic rings. The van der Waals surface area contributed by atoms with E-state index in [0.29, 0.717) is 0 Å². The molecule has 0 fully saturated rings. The molecule has 19 heavy (non-hydrogen) atoms. The normalized spacial score (nSPS) is 13.9. The number of likely N-dealkylation sites (N-methyl/N-ethyl adjacent to an activating group) is 2. The van der Waals surface area contributed by atoms with Crippen LogP contribution in [0.15, 0.2) is 18.2 Å². The Morgan fingerprint density at radius 1 is 1.26 bits per heavy atom. The molecule has 0 spiro atoms. The summed E-state index contributed by atoms with van der Waals surface area (Å²) in [4.78, 5) is 16.2. The van der Waals surface area contributed by atoms with E-state index in [9.17, 15) is 4.79 Å². The van der Waals surface area contributed by atoms with Crippen molar-refractivity contribution in [3.63, 3.8) is 0 Å². The van der Waals surface area contributed by atoms with Crippen LogP contribution in [-0.2, 0) is 6.42 Å². The molecule has 0 radical (unpaired) electrons. The van der Waals surface area contributed by atoms with E-state index in [1.165, 1.54) is 11.3 Å². The molecule has 1 aliphatic heterocycles. The maximum absolute atomic E-state index is 12.3. The lowest BCUT2D eigenvalue weighted by Crippen LogP contribution is -2.33. The first-order valence-corrected chi connectivity index (χ1v) is 6.85. The Kier molecular flexibility index (Phi) is 4.43. The first-order chi connectivity index (χ1) is 9.08. The second-order valence-corrected chi connectivity index (χ2v) is 5.43. The predicted octanol–water partition coefficient (Wildman–Crippen LogP) is 1.68. The van der Waals surface area contributed by atoms with Crippen LogP contribution in [0.25, 0.3) is 0 Å². The van der Waals surface area contributed by atoms with E-state index in [-0.39, 0.29) is 5.91 Å². The number of nitrogens with one attached hydrogen (secondary N) is 1. The molecule has 104 valence electrons. The predicted molar refractivity (Wildman–Crippen MR) is 78.8 cm³/mol. The fourth-order valence-corrected chi connectivity index (χ4v) is 2.28. The number of hydrogen-bond donors (Lipinski definition) is 1. The van der Waals surface area contributed by atoms with Crippen LogP contribution in [0, 0.1) is 0 Å². The van der Waals surface area contributed by atoms with Gasteiger partial charge in [-0.05, 0) is 50.7 Å². The van der Waals surface area contributed by atoms with Crippen LogP contribution in [0.2, 0.25) is 0 Å². The van der Waals surface area contributed by atoms with E-state index >= 15 is 0 Å². The summed E-state index contributed by atoms with van der Waals surface area (Å²) in [5.41, 5.74) is 3.24. The van der Waals surface area contributed by atoms with Gasteiger partial charge in [-0.15, -0.1) is 0 Å². The molecule has 1 aromatic carbocycles. The average molecular weight is 261 g/mol. The number of fused-ring (bicyclic) bond motifs is 1. The molecule has 1 amide bonds. The van der Waals surface area contributed by atoms with Gasteiger partial charge in [-0.2, -0.15) is 0 Å². The van der Waals surface area contributed by atoms with Crippen LogP contribution in [0.1, 0.15) is 22.3 Å². The van der Waals surface area contributed by atoms with Gasteiger partial charge in [0, 0.05) is 37.9 Å². The first-order valence-electron chi connectivity index (χ1n) is 6.85. The molecule has 0 aliphatic carbocycles. The van der Waals surface area contributed by atoms with Crippen molar-refractivity contribution in [2.75, 3.05) is 46.1 Å². The molecule has 1 N–H and O–H groups in total. The molecule has 1 heterocycles. The molecule has 4 nitrogen and oxygen atoms in total. The van der Waals surface area contributed by atoms with Crippen LogP contribution in [0.5, 0.6) is 0 Å². The summed E-state index contributed by atoms with van der Waals surface area (Å²) in [5.74, 6) is 0.107. The Labute approximate surface area is 115 Å². The molecule has 0 atom stereocenters. The Balaban J connectivity index is 2.06. The zero-order valence-electron chi connectivity index (χ0n) is 12.1. The summed E-state index contributed by atoms with van der Waals surface area (Å²) in [5, 5.41) is 3.37. The van der Waals surface area contributed by atoms with Crippen molar-refractivity contribution in [3.8, 4) is 0 Å². The van der Waals surface area contributed by atoms with Gasteiger partial charge < -0.3 is 15.1 Å². The number of carbonyl (C=O) groups is 1. The Morgan fingerprint density at radius 3 is 2.79 bits per heavy atom. The number of amides is 1. The minimum Gasteiger partial charge on any atom is -0.385 e. The summed E-state index contributed by atoms with van der Waals surface area (Å²) in [6.07, 6.45) is 2.20. The lowest BCUT2D eigenvalue weighted by Gasteiger charge is -2.22.